The molecular weight excluding hydrogens is 479 g/mol. The van der Waals surface area contributed by atoms with Crippen LogP contribution in [-0.2, 0) is 21.3 Å². The number of aliphatic imine (C=N–C) groups is 1. The van der Waals surface area contributed by atoms with Crippen LogP contribution in [0.1, 0.15) is 25.3 Å². The second-order valence-electron chi connectivity index (χ2n) is 6.47. The highest BCUT2D eigenvalue weighted by Crippen LogP contribution is 2.15. The Morgan fingerprint density at radius 2 is 1.85 bits per heavy atom. The molecule has 7 nitrogen and oxygen atoms in total. The number of guanidine groups is 1. The number of halogens is 1. The SMILES string of the molecule is CCOC1CCN(C(=NC)NCc2ccc(S(=O)(=O)N(C)C)cc2)CC1.I. The van der Waals surface area contributed by atoms with E-state index in [1.54, 1.807) is 19.2 Å². The van der Waals surface area contributed by atoms with E-state index < -0.39 is 10.0 Å². The zero-order valence-electron chi connectivity index (χ0n) is 16.5. The lowest BCUT2D eigenvalue weighted by atomic mass is 10.1. The third-order valence-electron chi connectivity index (χ3n) is 4.51. The molecular formula is C18H31IN4O3S. The molecule has 0 aromatic heterocycles. The molecule has 0 aliphatic carbocycles. The topological polar surface area (TPSA) is 74.2 Å². The van der Waals surface area contributed by atoms with Crippen molar-refractivity contribution in [2.45, 2.75) is 37.3 Å². The fraction of sp³-hybridized carbons (Fsp3) is 0.611. The van der Waals surface area contributed by atoms with Gasteiger partial charge in [0.25, 0.3) is 0 Å². The smallest absolute Gasteiger partial charge is 0.242 e. The van der Waals surface area contributed by atoms with Crippen molar-refractivity contribution in [3.05, 3.63) is 29.8 Å². The fourth-order valence-corrected chi connectivity index (χ4v) is 3.88. The van der Waals surface area contributed by atoms with Crippen molar-refractivity contribution >= 4 is 40.0 Å². The summed E-state index contributed by atoms with van der Waals surface area (Å²) in [6.45, 7) is 5.23. The second kappa shape index (κ2) is 11.2. The number of likely N-dealkylation sites (tertiary alicyclic amines) is 1. The highest BCUT2D eigenvalue weighted by atomic mass is 127. The molecule has 1 aromatic carbocycles. The number of nitrogens with zero attached hydrogens (tertiary/aromatic N) is 3. The van der Waals surface area contributed by atoms with Crippen LogP contribution in [0.3, 0.4) is 0 Å². The van der Waals surface area contributed by atoms with Crippen LogP contribution in [0.2, 0.25) is 0 Å². The normalized spacial score (nSPS) is 16.3. The number of sulfonamides is 1. The molecule has 0 bridgehead atoms. The first-order chi connectivity index (χ1) is 12.4. The van der Waals surface area contributed by atoms with Gasteiger partial charge in [0, 0.05) is 47.4 Å². The Bertz CT molecular complexity index is 700. The number of benzene rings is 1. The molecule has 0 amide bonds. The lowest BCUT2D eigenvalue weighted by molar-refractivity contribution is 0.0263. The number of rotatable bonds is 6. The lowest BCUT2D eigenvalue weighted by Crippen LogP contribution is -2.46. The van der Waals surface area contributed by atoms with Gasteiger partial charge in [-0.05, 0) is 37.5 Å². The molecule has 0 radical (unpaired) electrons. The summed E-state index contributed by atoms with van der Waals surface area (Å²) in [5.41, 5.74) is 1.01. The number of piperidine rings is 1. The molecule has 1 fully saturated rings. The first-order valence-electron chi connectivity index (χ1n) is 8.97. The minimum absolute atomic E-state index is 0. The van der Waals surface area contributed by atoms with Gasteiger partial charge in [0.1, 0.15) is 0 Å². The van der Waals surface area contributed by atoms with Crippen molar-refractivity contribution < 1.29 is 13.2 Å². The average Bonchev–Trinajstić information content (AvgIpc) is 2.64. The molecule has 154 valence electrons. The van der Waals surface area contributed by atoms with E-state index in [1.165, 1.54) is 18.4 Å². The van der Waals surface area contributed by atoms with Gasteiger partial charge < -0.3 is 15.0 Å². The summed E-state index contributed by atoms with van der Waals surface area (Å²) in [7, 11) is 1.46. The average molecular weight is 510 g/mol. The molecule has 2 rings (SSSR count). The minimum Gasteiger partial charge on any atom is -0.378 e. The van der Waals surface area contributed by atoms with Crippen molar-refractivity contribution in [1.29, 1.82) is 0 Å². The number of ether oxygens (including phenoxy) is 1. The van der Waals surface area contributed by atoms with E-state index in [4.69, 9.17) is 4.74 Å². The second-order valence-corrected chi connectivity index (χ2v) is 8.63. The Balaban J connectivity index is 0.00000364. The van der Waals surface area contributed by atoms with Crippen molar-refractivity contribution in [2.24, 2.45) is 4.99 Å². The van der Waals surface area contributed by atoms with Gasteiger partial charge in [-0.15, -0.1) is 24.0 Å². The summed E-state index contributed by atoms with van der Waals surface area (Å²) in [6, 6.07) is 6.95. The molecule has 1 heterocycles. The third-order valence-corrected chi connectivity index (χ3v) is 6.34. The predicted octanol–water partition coefficient (Wildman–Crippen LogP) is 2.13. The van der Waals surface area contributed by atoms with Crippen molar-refractivity contribution in [3.63, 3.8) is 0 Å². The molecule has 1 aliphatic heterocycles. The molecule has 9 heteroatoms. The fourth-order valence-electron chi connectivity index (χ4n) is 2.97. The van der Waals surface area contributed by atoms with Crippen LogP contribution in [0.4, 0.5) is 0 Å². The first-order valence-corrected chi connectivity index (χ1v) is 10.4. The van der Waals surface area contributed by atoms with Gasteiger partial charge in [-0.2, -0.15) is 0 Å². The molecule has 27 heavy (non-hydrogen) atoms. The zero-order valence-corrected chi connectivity index (χ0v) is 19.7. The van der Waals surface area contributed by atoms with Crippen LogP contribution in [0.25, 0.3) is 0 Å². The van der Waals surface area contributed by atoms with Gasteiger partial charge in [-0.25, -0.2) is 12.7 Å². The highest BCUT2D eigenvalue weighted by Gasteiger charge is 2.21. The van der Waals surface area contributed by atoms with Crippen LogP contribution in [0, 0.1) is 0 Å². The highest BCUT2D eigenvalue weighted by molar-refractivity contribution is 14.0. The number of nitrogens with one attached hydrogen (secondary N) is 1. The summed E-state index contributed by atoms with van der Waals surface area (Å²) < 4.78 is 31.1. The molecule has 1 aromatic rings. The van der Waals surface area contributed by atoms with Crippen molar-refractivity contribution in [3.8, 4) is 0 Å². The standard InChI is InChI=1S/C18H30N4O3S.HI/c1-5-25-16-10-12-22(13-11-16)18(19-2)20-14-15-6-8-17(9-7-15)26(23,24)21(3)4;/h6-9,16H,5,10-14H2,1-4H3,(H,19,20);1H. The van der Waals surface area contributed by atoms with E-state index in [-0.39, 0.29) is 24.0 Å². The summed E-state index contributed by atoms with van der Waals surface area (Å²) in [5.74, 6) is 0.866. The Kier molecular flexibility index (Phi) is 9.99. The van der Waals surface area contributed by atoms with Gasteiger partial charge in [-0.1, -0.05) is 12.1 Å². The van der Waals surface area contributed by atoms with Crippen molar-refractivity contribution in [2.75, 3.05) is 40.8 Å². The Labute approximate surface area is 180 Å². The quantitative estimate of drug-likeness (QED) is 0.361. The van der Waals surface area contributed by atoms with Gasteiger partial charge in [-0.3, -0.25) is 4.99 Å². The molecule has 0 spiro atoms. The Hall–Kier alpha value is -0.910. The zero-order chi connectivity index (χ0) is 19.2. The van der Waals surface area contributed by atoms with Crippen LogP contribution in [-0.4, -0.2) is 70.5 Å². The van der Waals surface area contributed by atoms with E-state index in [2.05, 4.69) is 15.2 Å². The van der Waals surface area contributed by atoms with E-state index in [1.807, 2.05) is 19.1 Å². The number of hydrogen-bond donors (Lipinski definition) is 1. The molecule has 1 N–H and O–H groups in total. The predicted molar refractivity (Wildman–Crippen MR) is 119 cm³/mol. The van der Waals surface area contributed by atoms with Gasteiger partial charge >= 0.3 is 0 Å². The Morgan fingerprint density at radius 3 is 2.33 bits per heavy atom. The minimum atomic E-state index is -3.39. The van der Waals surface area contributed by atoms with E-state index >= 15 is 0 Å². The molecule has 0 saturated carbocycles. The van der Waals surface area contributed by atoms with E-state index in [0.717, 1.165) is 44.1 Å². The van der Waals surface area contributed by atoms with E-state index in [9.17, 15) is 8.42 Å². The largest absolute Gasteiger partial charge is 0.378 e. The summed E-state index contributed by atoms with van der Waals surface area (Å²) in [6.07, 6.45) is 2.36. The lowest BCUT2D eigenvalue weighted by Gasteiger charge is -2.34. The molecule has 1 saturated heterocycles. The molecule has 0 atom stereocenters. The van der Waals surface area contributed by atoms with Crippen LogP contribution in [0.15, 0.2) is 34.2 Å². The van der Waals surface area contributed by atoms with Crippen LogP contribution < -0.4 is 5.32 Å². The monoisotopic (exact) mass is 510 g/mol. The van der Waals surface area contributed by atoms with Crippen LogP contribution >= 0.6 is 24.0 Å². The molecule has 0 unspecified atom stereocenters. The first kappa shape index (κ1) is 24.1. The maximum atomic E-state index is 12.1. The third kappa shape index (κ3) is 6.58. The Morgan fingerprint density at radius 1 is 1.26 bits per heavy atom. The summed E-state index contributed by atoms with van der Waals surface area (Å²) in [5, 5.41) is 3.36. The van der Waals surface area contributed by atoms with Gasteiger partial charge in [0.05, 0.1) is 11.0 Å². The van der Waals surface area contributed by atoms with Gasteiger partial charge in [0.15, 0.2) is 5.96 Å². The van der Waals surface area contributed by atoms with Gasteiger partial charge in [0.2, 0.25) is 10.0 Å². The summed E-state index contributed by atoms with van der Waals surface area (Å²) in [4.78, 5) is 6.90. The summed E-state index contributed by atoms with van der Waals surface area (Å²) >= 11 is 0. The van der Waals surface area contributed by atoms with Crippen LogP contribution in [0.5, 0.6) is 0 Å². The molecule has 1 aliphatic rings. The maximum Gasteiger partial charge on any atom is 0.242 e. The van der Waals surface area contributed by atoms with E-state index in [0.29, 0.717) is 17.5 Å². The number of hydrogen-bond acceptors (Lipinski definition) is 4. The maximum absolute atomic E-state index is 12.1. The van der Waals surface area contributed by atoms with Crippen molar-refractivity contribution in [1.82, 2.24) is 14.5 Å².